The maximum Gasteiger partial charge on any atom is 0.229 e. The van der Waals surface area contributed by atoms with Crippen LogP contribution >= 0.6 is 0 Å². The highest BCUT2D eigenvalue weighted by atomic mass is 19.1. The van der Waals surface area contributed by atoms with Gasteiger partial charge in [-0.15, -0.1) is 0 Å². The Hall–Kier alpha value is -3.35. The number of halogens is 1. The van der Waals surface area contributed by atoms with Gasteiger partial charge in [0.1, 0.15) is 17.2 Å². The first kappa shape index (κ1) is 16.5. The second-order valence-electron chi connectivity index (χ2n) is 5.18. The number of benzene rings is 2. The van der Waals surface area contributed by atoms with Gasteiger partial charge in [0.05, 0.1) is 14.2 Å². The second-order valence-corrected chi connectivity index (χ2v) is 5.18. The van der Waals surface area contributed by atoms with Crippen molar-refractivity contribution in [2.45, 2.75) is 0 Å². The molecule has 25 heavy (non-hydrogen) atoms. The Morgan fingerprint density at radius 3 is 2.00 bits per heavy atom. The molecule has 128 valence electrons. The van der Waals surface area contributed by atoms with Gasteiger partial charge in [0.25, 0.3) is 0 Å². The average Bonchev–Trinajstić information content (AvgIpc) is 2.65. The molecule has 0 bridgehead atoms. The summed E-state index contributed by atoms with van der Waals surface area (Å²) in [6.07, 6.45) is 0. The van der Waals surface area contributed by atoms with Crippen molar-refractivity contribution in [3.8, 4) is 22.8 Å². The largest absolute Gasteiger partial charge is 0.497 e. The van der Waals surface area contributed by atoms with Crippen molar-refractivity contribution >= 4 is 17.5 Å². The third-order valence-electron chi connectivity index (χ3n) is 3.59. The van der Waals surface area contributed by atoms with E-state index in [0.717, 1.165) is 11.4 Å². The fraction of sp³-hybridized carbons (Fsp3) is 0.111. The third-order valence-corrected chi connectivity index (χ3v) is 3.59. The average molecular weight is 340 g/mol. The maximum atomic E-state index is 14.4. The number of aromatic nitrogens is 2. The molecule has 0 fully saturated rings. The van der Waals surface area contributed by atoms with Crippen molar-refractivity contribution in [2.24, 2.45) is 0 Å². The van der Waals surface area contributed by atoms with E-state index < -0.39 is 5.82 Å². The molecule has 0 aliphatic heterocycles. The number of hydrogen-bond acceptors (Lipinski definition) is 6. The zero-order valence-electron chi connectivity index (χ0n) is 13.8. The first-order chi connectivity index (χ1) is 12.1. The number of nitrogens with one attached hydrogen (secondary N) is 1. The Morgan fingerprint density at radius 2 is 1.44 bits per heavy atom. The van der Waals surface area contributed by atoms with Crippen molar-refractivity contribution in [1.82, 2.24) is 9.97 Å². The van der Waals surface area contributed by atoms with E-state index in [4.69, 9.17) is 15.2 Å². The summed E-state index contributed by atoms with van der Waals surface area (Å²) in [6, 6.07) is 14.1. The molecular weight excluding hydrogens is 323 g/mol. The van der Waals surface area contributed by atoms with Crippen LogP contribution in [0.2, 0.25) is 0 Å². The van der Waals surface area contributed by atoms with Gasteiger partial charge in [-0.05, 0) is 48.5 Å². The zero-order valence-corrected chi connectivity index (χ0v) is 13.8. The summed E-state index contributed by atoms with van der Waals surface area (Å²) >= 11 is 0. The zero-order chi connectivity index (χ0) is 17.8. The quantitative estimate of drug-likeness (QED) is 0.738. The monoisotopic (exact) mass is 340 g/mol. The number of nitrogens with two attached hydrogens (primary N) is 1. The molecule has 0 atom stereocenters. The van der Waals surface area contributed by atoms with Crippen LogP contribution in [-0.2, 0) is 0 Å². The van der Waals surface area contributed by atoms with E-state index in [-0.39, 0.29) is 17.5 Å². The molecule has 2 aromatic carbocycles. The summed E-state index contributed by atoms with van der Waals surface area (Å²) in [5, 5.41) is 3.01. The van der Waals surface area contributed by atoms with Crippen LogP contribution in [0.4, 0.5) is 21.8 Å². The summed E-state index contributed by atoms with van der Waals surface area (Å²) in [4.78, 5) is 8.20. The molecular formula is C18H17FN4O2. The molecule has 1 heterocycles. The lowest BCUT2D eigenvalue weighted by molar-refractivity contribution is 0.414. The molecule has 3 N–H and O–H groups in total. The van der Waals surface area contributed by atoms with Gasteiger partial charge < -0.3 is 20.5 Å². The number of hydrogen-bond donors (Lipinski definition) is 2. The first-order valence-corrected chi connectivity index (χ1v) is 7.49. The molecule has 3 rings (SSSR count). The smallest absolute Gasteiger partial charge is 0.229 e. The van der Waals surface area contributed by atoms with Gasteiger partial charge in [0, 0.05) is 11.3 Å². The predicted molar refractivity (Wildman–Crippen MR) is 94.7 cm³/mol. The van der Waals surface area contributed by atoms with Crippen molar-refractivity contribution in [3.63, 3.8) is 0 Å². The lowest BCUT2D eigenvalue weighted by Crippen LogP contribution is -2.05. The standard InChI is InChI=1S/C18H17FN4O2/c1-24-13-7-3-11(4-8-13)16-15(19)17(20)23-18(22-16)21-12-5-9-14(25-2)10-6-12/h3-10H,1-2H3,(H3,20,21,22,23). The molecule has 0 saturated carbocycles. The van der Waals surface area contributed by atoms with Crippen molar-refractivity contribution in [3.05, 3.63) is 54.3 Å². The number of ether oxygens (including phenoxy) is 2. The van der Waals surface area contributed by atoms with E-state index in [1.807, 2.05) is 0 Å². The van der Waals surface area contributed by atoms with Crippen LogP contribution in [-0.4, -0.2) is 24.2 Å². The highest BCUT2D eigenvalue weighted by Crippen LogP contribution is 2.27. The predicted octanol–water partition coefficient (Wildman–Crippen LogP) is 3.63. The van der Waals surface area contributed by atoms with Gasteiger partial charge in [0.2, 0.25) is 5.95 Å². The van der Waals surface area contributed by atoms with Crippen LogP contribution in [0.25, 0.3) is 11.3 Å². The maximum absolute atomic E-state index is 14.4. The summed E-state index contributed by atoms with van der Waals surface area (Å²) in [5.74, 6) is 0.712. The van der Waals surface area contributed by atoms with Crippen LogP contribution < -0.4 is 20.5 Å². The lowest BCUT2D eigenvalue weighted by atomic mass is 10.1. The molecule has 0 aliphatic carbocycles. The molecule has 0 spiro atoms. The minimum Gasteiger partial charge on any atom is -0.497 e. The Morgan fingerprint density at radius 1 is 0.880 bits per heavy atom. The Bertz CT molecular complexity index is 867. The molecule has 0 aliphatic rings. The number of anilines is 3. The summed E-state index contributed by atoms with van der Waals surface area (Å²) in [5.41, 5.74) is 7.12. The van der Waals surface area contributed by atoms with E-state index >= 15 is 0 Å². The van der Waals surface area contributed by atoms with E-state index in [1.54, 1.807) is 62.8 Å². The van der Waals surface area contributed by atoms with Crippen LogP contribution in [0.5, 0.6) is 11.5 Å². The Labute approximate surface area is 144 Å². The highest BCUT2D eigenvalue weighted by Gasteiger charge is 2.14. The lowest BCUT2D eigenvalue weighted by Gasteiger charge is -2.10. The Balaban J connectivity index is 1.93. The molecule has 0 saturated heterocycles. The van der Waals surface area contributed by atoms with Crippen LogP contribution in [0, 0.1) is 5.82 Å². The van der Waals surface area contributed by atoms with Crippen LogP contribution in [0.15, 0.2) is 48.5 Å². The van der Waals surface area contributed by atoms with Crippen molar-refractivity contribution in [1.29, 1.82) is 0 Å². The number of nitrogen functional groups attached to an aromatic ring is 1. The van der Waals surface area contributed by atoms with Crippen molar-refractivity contribution in [2.75, 3.05) is 25.3 Å². The van der Waals surface area contributed by atoms with Gasteiger partial charge in [-0.2, -0.15) is 4.98 Å². The SMILES string of the molecule is COc1ccc(Nc2nc(N)c(F)c(-c3ccc(OC)cc3)n2)cc1. The fourth-order valence-corrected chi connectivity index (χ4v) is 2.26. The summed E-state index contributed by atoms with van der Waals surface area (Å²) < 4.78 is 24.6. The molecule has 1 aromatic heterocycles. The summed E-state index contributed by atoms with van der Waals surface area (Å²) in [7, 11) is 3.16. The van der Waals surface area contributed by atoms with Gasteiger partial charge >= 0.3 is 0 Å². The highest BCUT2D eigenvalue weighted by molar-refractivity contribution is 5.67. The Kier molecular flexibility index (Phi) is 4.65. The minimum absolute atomic E-state index is 0.117. The van der Waals surface area contributed by atoms with Crippen molar-refractivity contribution < 1.29 is 13.9 Å². The summed E-state index contributed by atoms with van der Waals surface area (Å²) in [6.45, 7) is 0. The van der Waals surface area contributed by atoms with E-state index in [1.165, 1.54) is 0 Å². The molecule has 7 heteroatoms. The van der Waals surface area contributed by atoms with Gasteiger partial charge in [-0.25, -0.2) is 9.37 Å². The van der Waals surface area contributed by atoms with E-state index in [2.05, 4.69) is 15.3 Å². The van der Waals surface area contributed by atoms with Gasteiger partial charge in [0.15, 0.2) is 11.6 Å². The molecule has 6 nitrogen and oxygen atoms in total. The van der Waals surface area contributed by atoms with Crippen LogP contribution in [0.1, 0.15) is 0 Å². The minimum atomic E-state index is -0.662. The van der Waals surface area contributed by atoms with Gasteiger partial charge in [-0.1, -0.05) is 0 Å². The number of nitrogens with zero attached hydrogens (tertiary/aromatic N) is 2. The van der Waals surface area contributed by atoms with E-state index in [9.17, 15) is 4.39 Å². The topological polar surface area (TPSA) is 82.3 Å². The molecule has 3 aromatic rings. The van der Waals surface area contributed by atoms with Crippen LogP contribution in [0.3, 0.4) is 0 Å². The van der Waals surface area contributed by atoms with E-state index in [0.29, 0.717) is 11.3 Å². The van der Waals surface area contributed by atoms with Gasteiger partial charge in [-0.3, -0.25) is 0 Å². The molecule has 0 radical (unpaired) electrons. The molecule has 0 amide bonds. The number of methoxy groups -OCH3 is 2. The third kappa shape index (κ3) is 3.60. The normalized spacial score (nSPS) is 10.4. The first-order valence-electron chi connectivity index (χ1n) is 7.49. The fourth-order valence-electron chi connectivity index (χ4n) is 2.26. The number of rotatable bonds is 5. The second kappa shape index (κ2) is 7.04. The molecule has 0 unspecified atom stereocenters.